The van der Waals surface area contributed by atoms with E-state index in [2.05, 4.69) is 0 Å². The van der Waals surface area contributed by atoms with Crippen LogP contribution in [-0.4, -0.2) is 13.1 Å². The zero-order chi connectivity index (χ0) is 10.6. The van der Waals surface area contributed by atoms with Crippen molar-refractivity contribution in [3.63, 3.8) is 0 Å². The van der Waals surface area contributed by atoms with E-state index in [0.717, 1.165) is 13.1 Å². The fourth-order valence-corrected chi connectivity index (χ4v) is 1.39. The average Bonchev–Trinajstić information content (AvgIpc) is 2.22. The Balaban J connectivity index is 3.12. The van der Waals surface area contributed by atoms with Crippen molar-refractivity contribution in [3.05, 3.63) is 29.6 Å². The van der Waals surface area contributed by atoms with E-state index < -0.39 is 0 Å². The minimum Gasteiger partial charge on any atom is -0.370 e. The van der Waals surface area contributed by atoms with Gasteiger partial charge in [0, 0.05) is 13.1 Å². The van der Waals surface area contributed by atoms with E-state index in [1.54, 1.807) is 6.07 Å². The van der Waals surface area contributed by atoms with Crippen LogP contribution >= 0.6 is 0 Å². The van der Waals surface area contributed by atoms with Crippen LogP contribution in [0.15, 0.2) is 18.2 Å². The van der Waals surface area contributed by atoms with Crippen molar-refractivity contribution < 1.29 is 4.39 Å². The molecule has 0 bridgehead atoms. The van der Waals surface area contributed by atoms with E-state index in [1.807, 2.05) is 24.8 Å². The van der Waals surface area contributed by atoms with Crippen molar-refractivity contribution in [3.8, 4) is 6.07 Å². The normalized spacial score (nSPS) is 9.57. The van der Waals surface area contributed by atoms with Gasteiger partial charge in [0.25, 0.3) is 0 Å². The maximum absolute atomic E-state index is 13.4. The molecule has 0 saturated heterocycles. The minimum atomic E-state index is -0.271. The van der Waals surface area contributed by atoms with Crippen LogP contribution in [0.25, 0.3) is 0 Å². The molecule has 0 saturated carbocycles. The lowest BCUT2D eigenvalue weighted by atomic mass is 10.2. The molecule has 0 unspecified atom stereocenters. The molecule has 14 heavy (non-hydrogen) atoms. The van der Waals surface area contributed by atoms with Crippen LogP contribution in [0.2, 0.25) is 0 Å². The van der Waals surface area contributed by atoms with Crippen molar-refractivity contribution in [2.24, 2.45) is 0 Å². The molecule has 0 aromatic heterocycles. The van der Waals surface area contributed by atoms with Crippen LogP contribution in [0.4, 0.5) is 10.1 Å². The minimum absolute atomic E-state index is 0.271. The molecule has 0 aliphatic carbocycles. The van der Waals surface area contributed by atoms with Crippen molar-refractivity contribution in [2.45, 2.75) is 13.8 Å². The summed E-state index contributed by atoms with van der Waals surface area (Å²) in [5, 5.41) is 8.69. The second kappa shape index (κ2) is 4.61. The molecule has 1 aromatic carbocycles. The van der Waals surface area contributed by atoms with Gasteiger partial charge >= 0.3 is 0 Å². The SMILES string of the molecule is CCN(CC)c1cc(C#N)ccc1F. The lowest BCUT2D eigenvalue weighted by Crippen LogP contribution is -2.22. The summed E-state index contributed by atoms with van der Waals surface area (Å²) in [5.41, 5.74) is 1.00. The molecule has 0 amide bonds. The number of halogens is 1. The molecule has 0 spiro atoms. The lowest BCUT2D eigenvalue weighted by Gasteiger charge is -2.21. The van der Waals surface area contributed by atoms with Gasteiger partial charge in [-0.2, -0.15) is 5.26 Å². The highest BCUT2D eigenvalue weighted by Crippen LogP contribution is 2.20. The fraction of sp³-hybridized carbons (Fsp3) is 0.364. The molecule has 0 atom stereocenters. The quantitative estimate of drug-likeness (QED) is 0.735. The zero-order valence-electron chi connectivity index (χ0n) is 8.42. The number of benzene rings is 1. The highest BCUT2D eigenvalue weighted by atomic mass is 19.1. The van der Waals surface area contributed by atoms with Gasteiger partial charge in [-0.05, 0) is 32.0 Å². The summed E-state index contributed by atoms with van der Waals surface area (Å²) in [7, 11) is 0. The third kappa shape index (κ3) is 2.02. The molecule has 2 nitrogen and oxygen atoms in total. The molecule has 74 valence electrons. The van der Waals surface area contributed by atoms with Gasteiger partial charge in [0.05, 0.1) is 17.3 Å². The highest BCUT2D eigenvalue weighted by Gasteiger charge is 2.08. The van der Waals surface area contributed by atoms with Gasteiger partial charge in [-0.3, -0.25) is 0 Å². The first-order chi connectivity index (χ1) is 6.72. The van der Waals surface area contributed by atoms with Crippen LogP contribution in [0.5, 0.6) is 0 Å². The van der Waals surface area contributed by atoms with Gasteiger partial charge in [0.2, 0.25) is 0 Å². The summed E-state index contributed by atoms with van der Waals surface area (Å²) in [6.07, 6.45) is 0. The topological polar surface area (TPSA) is 27.0 Å². The summed E-state index contributed by atoms with van der Waals surface area (Å²) in [6, 6.07) is 6.42. The standard InChI is InChI=1S/C11H13FN2/c1-3-14(4-2)11-7-9(8-13)5-6-10(11)12/h5-7H,3-4H2,1-2H3. The van der Waals surface area contributed by atoms with Gasteiger partial charge in [-0.15, -0.1) is 0 Å². The molecule has 0 N–H and O–H groups in total. The number of hydrogen-bond donors (Lipinski definition) is 0. The molecule has 0 aliphatic rings. The molecular formula is C11H13FN2. The van der Waals surface area contributed by atoms with E-state index in [-0.39, 0.29) is 5.82 Å². The Morgan fingerprint density at radius 2 is 2.00 bits per heavy atom. The Labute approximate surface area is 83.6 Å². The van der Waals surface area contributed by atoms with Crippen LogP contribution in [-0.2, 0) is 0 Å². The molecule has 0 radical (unpaired) electrons. The summed E-state index contributed by atoms with van der Waals surface area (Å²) >= 11 is 0. The maximum atomic E-state index is 13.4. The predicted octanol–water partition coefficient (Wildman–Crippen LogP) is 2.54. The van der Waals surface area contributed by atoms with Crippen LogP contribution in [0.1, 0.15) is 19.4 Å². The first-order valence-corrected chi connectivity index (χ1v) is 4.67. The molecule has 0 aliphatic heterocycles. The summed E-state index contributed by atoms with van der Waals surface area (Å²) in [4.78, 5) is 1.89. The second-order valence-electron chi connectivity index (χ2n) is 2.95. The summed E-state index contributed by atoms with van der Waals surface area (Å²) < 4.78 is 13.4. The van der Waals surface area contributed by atoms with Crippen molar-refractivity contribution in [1.82, 2.24) is 0 Å². The molecule has 0 fully saturated rings. The van der Waals surface area contributed by atoms with E-state index in [1.165, 1.54) is 12.1 Å². The van der Waals surface area contributed by atoms with Crippen molar-refractivity contribution >= 4 is 5.69 Å². The summed E-state index contributed by atoms with van der Waals surface area (Å²) in [6.45, 7) is 5.40. The Morgan fingerprint density at radius 1 is 1.36 bits per heavy atom. The molecule has 3 heteroatoms. The Hall–Kier alpha value is -1.56. The number of anilines is 1. The van der Waals surface area contributed by atoms with E-state index in [4.69, 9.17) is 5.26 Å². The van der Waals surface area contributed by atoms with Crippen LogP contribution < -0.4 is 4.90 Å². The van der Waals surface area contributed by atoms with Crippen molar-refractivity contribution in [2.75, 3.05) is 18.0 Å². The third-order valence-corrected chi connectivity index (χ3v) is 2.18. The van der Waals surface area contributed by atoms with Crippen molar-refractivity contribution in [1.29, 1.82) is 5.26 Å². The van der Waals surface area contributed by atoms with E-state index in [9.17, 15) is 4.39 Å². The lowest BCUT2D eigenvalue weighted by molar-refractivity contribution is 0.620. The predicted molar refractivity (Wildman–Crippen MR) is 54.7 cm³/mol. The zero-order valence-corrected chi connectivity index (χ0v) is 8.42. The van der Waals surface area contributed by atoms with Gasteiger partial charge in [-0.1, -0.05) is 0 Å². The van der Waals surface area contributed by atoms with Gasteiger partial charge < -0.3 is 4.90 Å². The largest absolute Gasteiger partial charge is 0.370 e. The first kappa shape index (κ1) is 10.5. The van der Waals surface area contributed by atoms with Crippen LogP contribution in [0.3, 0.4) is 0 Å². The Bertz CT molecular complexity index is 351. The number of nitriles is 1. The Morgan fingerprint density at radius 3 is 2.50 bits per heavy atom. The molecular weight excluding hydrogens is 179 g/mol. The number of nitrogens with zero attached hydrogens (tertiary/aromatic N) is 2. The molecule has 1 aromatic rings. The van der Waals surface area contributed by atoms with Gasteiger partial charge in [-0.25, -0.2) is 4.39 Å². The first-order valence-electron chi connectivity index (χ1n) is 4.67. The number of hydrogen-bond acceptors (Lipinski definition) is 2. The maximum Gasteiger partial charge on any atom is 0.146 e. The molecule has 0 heterocycles. The van der Waals surface area contributed by atoms with Gasteiger partial charge in [0.1, 0.15) is 5.82 Å². The monoisotopic (exact) mass is 192 g/mol. The smallest absolute Gasteiger partial charge is 0.146 e. The molecule has 1 rings (SSSR count). The third-order valence-electron chi connectivity index (χ3n) is 2.18. The number of rotatable bonds is 3. The Kier molecular flexibility index (Phi) is 3.47. The van der Waals surface area contributed by atoms with E-state index in [0.29, 0.717) is 11.3 Å². The second-order valence-corrected chi connectivity index (χ2v) is 2.95. The highest BCUT2D eigenvalue weighted by molar-refractivity contribution is 5.52. The average molecular weight is 192 g/mol. The van der Waals surface area contributed by atoms with Crippen LogP contribution in [0, 0.1) is 17.1 Å². The summed E-state index contributed by atoms with van der Waals surface area (Å²) in [5.74, 6) is -0.271. The van der Waals surface area contributed by atoms with Gasteiger partial charge in [0.15, 0.2) is 0 Å². The fourth-order valence-electron chi connectivity index (χ4n) is 1.39. The van der Waals surface area contributed by atoms with E-state index >= 15 is 0 Å².